The van der Waals surface area contributed by atoms with Gasteiger partial charge in [0.25, 0.3) is 0 Å². The highest BCUT2D eigenvalue weighted by atomic mass is 16.4. The number of aromatic nitrogens is 2. The third-order valence-electron chi connectivity index (χ3n) is 5.35. The maximum Gasteiger partial charge on any atom is 0.243 e. The van der Waals surface area contributed by atoms with Crippen LogP contribution in [-0.2, 0) is 13.6 Å². The molecular formula is C26H42N2O2. The van der Waals surface area contributed by atoms with Crippen LogP contribution >= 0.6 is 0 Å². The molecule has 0 spiro atoms. The Hall–Kier alpha value is -2.10. The molecule has 0 amide bonds. The molecule has 0 fully saturated rings. The van der Waals surface area contributed by atoms with Crippen molar-refractivity contribution < 1.29 is 14.5 Å². The Bertz CT molecular complexity index is 652. The highest BCUT2D eigenvalue weighted by molar-refractivity contribution is 5.85. The van der Waals surface area contributed by atoms with E-state index in [9.17, 15) is 9.90 Å². The maximum atomic E-state index is 10.1. The number of imidazole rings is 1. The van der Waals surface area contributed by atoms with Crippen LogP contribution in [0.25, 0.3) is 0 Å². The van der Waals surface area contributed by atoms with Crippen LogP contribution in [0.2, 0.25) is 0 Å². The highest BCUT2D eigenvalue weighted by Crippen LogP contribution is 2.12. The van der Waals surface area contributed by atoms with Gasteiger partial charge in [-0.15, -0.1) is 0 Å². The molecule has 4 nitrogen and oxygen atoms in total. The zero-order valence-corrected chi connectivity index (χ0v) is 19.2. The van der Waals surface area contributed by atoms with Gasteiger partial charge in [-0.25, -0.2) is 9.13 Å². The topological polar surface area (TPSA) is 48.9 Å². The van der Waals surface area contributed by atoms with Gasteiger partial charge in [-0.2, -0.15) is 0 Å². The van der Waals surface area contributed by atoms with Gasteiger partial charge in [-0.1, -0.05) is 108 Å². The Labute approximate surface area is 184 Å². The van der Waals surface area contributed by atoms with Crippen LogP contribution in [0.1, 0.15) is 101 Å². The molecule has 0 aliphatic rings. The fourth-order valence-electron chi connectivity index (χ4n) is 3.52. The molecule has 1 aromatic heterocycles. The van der Waals surface area contributed by atoms with Gasteiger partial charge in [0.15, 0.2) is 0 Å². The second kappa shape index (κ2) is 17.7. The van der Waals surface area contributed by atoms with E-state index in [2.05, 4.69) is 41.8 Å². The van der Waals surface area contributed by atoms with E-state index < -0.39 is 5.97 Å². The molecule has 0 atom stereocenters. The molecule has 0 radical (unpaired) electrons. The smallest absolute Gasteiger partial charge is 0.243 e. The van der Waals surface area contributed by atoms with Crippen LogP contribution in [0.3, 0.4) is 0 Å². The quantitative estimate of drug-likeness (QED) is 0.287. The fraction of sp³-hybridized carbons (Fsp3) is 0.615. The molecular weight excluding hydrogens is 372 g/mol. The number of aromatic carboxylic acids is 1. The molecule has 1 heterocycles. The first-order valence-corrected chi connectivity index (χ1v) is 11.9. The zero-order valence-electron chi connectivity index (χ0n) is 19.2. The van der Waals surface area contributed by atoms with E-state index in [0.29, 0.717) is 0 Å². The van der Waals surface area contributed by atoms with Crippen LogP contribution in [0, 0.1) is 0 Å². The van der Waals surface area contributed by atoms with Crippen LogP contribution in [-0.4, -0.2) is 10.5 Å². The van der Waals surface area contributed by atoms with Gasteiger partial charge in [0.05, 0.1) is 19.6 Å². The van der Waals surface area contributed by atoms with Crippen molar-refractivity contribution in [2.24, 2.45) is 7.05 Å². The van der Waals surface area contributed by atoms with Crippen LogP contribution in [0.4, 0.5) is 0 Å². The number of carbonyl (C=O) groups excluding carboxylic acids is 1. The minimum atomic E-state index is -1.13. The predicted molar refractivity (Wildman–Crippen MR) is 122 cm³/mol. The molecule has 2 rings (SSSR count). The summed E-state index contributed by atoms with van der Waals surface area (Å²) in [5.41, 5.74) is 0.220. The molecule has 168 valence electrons. The number of hydrogen-bond acceptors (Lipinski definition) is 2. The van der Waals surface area contributed by atoms with Gasteiger partial charge in [0, 0.05) is 0 Å². The van der Waals surface area contributed by atoms with Gasteiger partial charge >= 0.3 is 0 Å². The van der Waals surface area contributed by atoms with E-state index >= 15 is 0 Å². The number of carbonyl (C=O) groups is 1. The highest BCUT2D eigenvalue weighted by Gasteiger charge is 1.99. The lowest BCUT2D eigenvalue weighted by Crippen LogP contribution is -2.23. The summed E-state index contributed by atoms with van der Waals surface area (Å²) in [6, 6.07) is 8.06. The van der Waals surface area contributed by atoms with Crippen molar-refractivity contribution in [2.45, 2.75) is 96.9 Å². The van der Waals surface area contributed by atoms with Gasteiger partial charge in [0.2, 0.25) is 6.33 Å². The molecule has 0 saturated heterocycles. The average Bonchev–Trinajstić information content (AvgIpc) is 3.17. The van der Waals surface area contributed by atoms with Crippen molar-refractivity contribution in [1.29, 1.82) is 0 Å². The minimum Gasteiger partial charge on any atom is -0.545 e. The van der Waals surface area contributed by atoms with Gasteiger partial charge < -0.3 is 9.90 Å². The first-order chi connectivity index (χ1) is 14.6. The summed E-state index contributed by atoms with van der Waals surface area (Å²) >= 11 is 0. The monoisotopic (exact) mass is 414 g/mol. The van der Waals surface area contributed by atoms with Gasteiger partial charge in [0.1, 0.15) is 12.4 Å². The van der Waals surface area contributed by atoms with E-state index in [1.165, 1.54) is 102 Å². The van der Waals surface area contributed by atoms with Crippen molar-refractivity contribution in [1.82, 2.24) is 4.57 Å². The number of nitrogens with zero attached hydrogens (tertiary/aromatic N) is 2. The number of rotatable bonds is 15. The number of hydrogen-bond donors (Lipinski definition) is 0. The molecule has 1 aromatic carbocycles. The van der Waals surface area contributed by atoms with E-state index in [0.717, 1.165) is 0 Å². The molecule has 4 heteroatoms. The summed E-state index contributed by atoms with van der Waals surface area (Å²) < 4.78 is 4.40. The van der Waals surface area contributed by atoms with Crippen LogP contribution in [0.15, 0.2) is 49.1 Å². The molecule has 30 heavy (non-hydrogen) atoms. The fourth-order valence-corrected chi connectivity index (χ4v) is 3.52. The van der Waals surface area contributed by atoms with Crippen molar-refractivity contribution in [3.8, 4) is 0 Å². The predicted octanol–water partition coefficient (Wildman–Crippen LogP) is 5.45. The average molecular weight is 415 g/mol. The first kappa shape index (κ1) is 25.9. The number of carboxylic acid groups (broad SMARTS) is 1. The number of unbranched alkanes of at least 4 members (excludes halogenated alkanes) is 12. The third-order valence-corrected chi connectivity index (χ3v) is 5.35. The largest absolute Gasteiger partial charge is 0.545 e. The maximum absolute atomic E-state index is 10.1. The molecule has 0 bridgehead atoms. The van der Waals surface area contributed by atoms with Crippen molar-refractivity contribution in [3.05, 3.63) is 54.6 Å². The number of benzene rings is 1. The van der Waals surface area contributed by atoms with E-state index in [4.69, 9.17) is 0 Å². The summed E-state index contributed by atoms with van der Waals surface area (Å²) in [6.45, 7) is 3.47. The van der Waals surface area contributed by atoms with Gasteiger partial charge in [-0.3, -0.25) is 0 Å². The normalized spacial score (nSPS) is 10.5. The Balaban J connectivity index is 0.000000414. The Morgan fingerprint density at radius 3 is 1.73 bits per heavy atom. The second-order valence-electron chi connectivity index (χ2n) is 8.21. The van der Waals surface area contributed by atoms with Crippen LogP contribution in [0.5, 0.6) is 0 Å². The second-order valence-corrected chi connectivity index (χ2v) is 8.21. The van der Waals surface area contributed by atoms with E-state index in [-0.39, 0.29) is 5.56 Å². The summed E-state index contributed by atoms with van der Waals surface area (Å²) in [5, 5.41) is 10.1. The van der Waals surface area contributed by atoms with Crippen LogP contribution < -0.4 is 9.67 Å². The summed E-state index contributed by atoms with van der Waals surface area (Å²) in [7, 11) is 2.08. The van der Waals surface area contributed by atoms with Gasteiger partial charge in [-0.05, 0) is 18.4 Å². The van der Waals surface area contributed by atoms with E-state index in [1.807, 2.05) is 0 Å². The van der Waals surface area contributed by atoms with Crippen molar-refractivity contribution in [3.63, 3.8) is 0 Å². The molecule has 0 unspecified atom stereocenters. The molecule has 2 aromatic rings. The zero-order chi connectivity index (χ0) is 21.9. The Morgan fingerprint density at radius 1 is 0.833 bits per heavy atom. The summed E-state index contributed by atoms with van der Waals surface area (Å²) in [5.74, 6) is -1.13. The SMILES string of the molecule is CCCCCCCCCCCCCCCn1cc[n+](C)c1.O=C([O-])c1ccccc1. The number of carboxylic acids is 1. The first-order valence-electron chi connectivity index (χ1n) is 11.9. The summed E-state index contributed by atoms with van der Waals surface area (Å²) in [4.78, 5) is 10.1. The lowest BCUT2D eigenvalue weighted by molar-refractivity contribution is -0.671. The molecule has 0 aliphatic carbocycles. The van der Waals surface area contributed by atoms with Crippen molar-refractivity contribution >= 4 is 5.97 Å². The third kappa shape index (κ3) is 14.0. The summed E-state index contributed by atoms with van der Waals surface area (Å²) in [6.07, 6.45) is 25.0. The Kier molecular flexibility index (Phi) is 15.3. The molecule has 0 N–H and O–H groups in total. The number of aryl methyl sites for hydroxylation is 2. The minimum absolute atomic E-state index is 0.220. The molecule has 0 saturated carbocycles. The lowest BCUT2D eigenvalue weighted by atomic mass is 10.0. The van der Waals surface area contributed by atoms with E-state index in [1.54, 1.807) is 18.2 Å². The molecule has 0 aliphatic heterocycles. The standard InChI is InChI=1S/C19H37N2.C7H6O2/c1-3-4-5-6-7-8-9-10-11-12-13-14-15-16-21-18-17-20(2)19-21;8-7(9)6-4-2-1-3-5-6/h17-19H,3-16H2,1-2H3;1-5H,(H,8,9)/q+1;/p-1. The Morgan fingerprint density at radius 2 is 1.33 bits per heavy atom. The van der Waals surface area contributed by atoms with Crippen molar-refractivity contribution in [2.75, 3.05) is 0 Å². The lowest BCUT2D eigenvalue weighted by Gasteiger charge is -2.02.